The van der Waals surface area contributed by atoms with Gasteiger partial charge >= 0.3 is 5.97 Å². The summed E-state index contributed by atoms with van der Waals surface area (Å²) in [5.74, 6) is -3.33. The number of anilines is 1. The van der Waals surface area contributed by atoms with Gasteiger partial charge < -0.3 is 24.6 Å². The van der Waals surface area contributed by atoms with Crippen LogP contribution in [0.1, 0.15) is 23.3 Å². The third-order valence-electron chi connectivity index (χ3n) is 4.97. The van der Waals surface area contributed by atoms with E-state index in [9.17, 15) is 24.2 Å². The van der Waals surface area contributed by atoms with Crippen molar-refractivity contribution in [1.82, 2.24) is 9.47 Å². The first kappa shape index (κ1) is 19.2. The molecule has 0 saturated carbocycles. The van der Waals surface area contributed by atoms with E-state index in [0.717, 1.165) is 12.3 Å². The summed E-state index contributed by atoms with van der Waals surface area (Å²) in [6, 6.07) is 0.188. The summed E-state index contributed by atoms with van der Waals surface area (Å²) >= 11 is 0. The highest BCUT2D eigenvalue weighted by Gasteiger charge is 2.27. The van der Waals surface area contributed by atoms with Crippen molar-refractivity contribution in [1.29, 1.82) is 0 Å². The van der Waals surface area contributed by atoms with E-state index >= 15 is 4.39 Å². The molecule has 1 unspecified atom stereocenters. The molecule has 9 heteroatoms. The molecule has 1 aromatic heterocycles. The maximum atomic E-state index is 15.4. The number of benzene rings is 1. The van der Waals surface area contributed by atoms with E-state index in [1.54, 1.807) is 11.8 Å². The number of halogens is 2. The molecule has 0 radical (unpaired) electrons. The standard InChI is InChI=1S/C18H21F2N3O4/c1-10(9-24)23-8-12(18(26)27)17(25)11-7-13(19)16(14(20)15(11)23)22-5-3-21(2)4-6-22/h7-8,10,24H,3-6,9H2,1-2H3,(H,26,27). The van der Waals surface area contributed by atoms with Gasteiger partial charge in [0, 0.05) is 32.4 Å². The molecule has 0 aliphatic carbocycles. The molecule has 2 N–H and O–H groups in total. The van der Waals surface area contributed by atoms with Crippen molar-refractivity contribution in [3.8, 4) is 0 Å². The number of aromatic carboxylic acids is 1. The lowest BCUT2D eigenvalue weighted by Crippen LogP contribution is -2.45. The normalized spacial score (nSPS) is 16.7. The van der Waals surface area contributed by atoms with E-state index in [1.807, 2.05) is 11.9 Å². The number of hydrogen-bond donors (Lipinski definition) is 2. The monoisotopic (exact) mass is 381 g/mol. The van der Waals surface area contributed by atoms with Crippen LogP contribution in [0.2, 0.25) is 0 Å². The Kier molecular flexibility index (Phi) is 5.16. The van der Waals surface area contributed by atoms with Crippen molar-refractivity contribution in [2.45, 2.75) is 13.0 Å². The van der Waals surface area contributed by atoms with E-state index in [2.05, 4.69) is 0 Å². The topological polar surface area (TPSA) is 86.0 Å². The van der Waals surface area contributed by atoms with E-state index in [4.69, 9.17) is 0 Å². The molecular formula is C18H21F2N3O4. The Balaban J connectivity index is 2.32. The fraction of sp³-hybridized carbons (Fsp3) is 0.444. The number of fused-ring (bicyclic) bond motifs is 1. The SMILES string of the molecule is CC(CO)n1cc(C(=O)O)c(=O)c2cc(F)c(N3CCN(C)CC3)c(F)c21. The Bertz CT molecular complexity index is 952. The van der Waals surface area contributed by atoms with Crippen molar-refractivity contribution in [3.63, 3.8) is 0 Å². The highest BCUT2D eigenvalue weighted by molar-refractivity contribution is 5.94. The molecule has 1 atom stereocenters. The van der Waals surface area contributed by atoms with Crippen LogP contribution in [0, 0.1) is 11.6 Å². The molecule has 1 aromatic carbocycles. The lowest BCUT2D eigenvalue weighted by Gasteiger charge is -2.34. The van der Waals surface area contributed by atoms with Crippen molar-refractivity contribution >= 4 is 22.6 Å². The van der Waals surface area contributed by atoms with Crippen LogP contribution in [-0.4, -0.2) is 65.5 Å². The first-order chi connectivity index (χ1) is 12.8. The Labute approximate surface area is 154 Å². The van der Waals surface area contributed by atoms with Gasteiger partial charge in [0.25, 0.3) is 0 Å². The predicted molar refractivity (Wildman–Crippen MR) is 96.6 cm³/mol. The third-order valence-corrected chi connectivity index (χ3v) is 4.97. The van der Waals surface area contributed by atoms with E-state index in [1.165, 1.54) is 4.57 Å². The molecule has 3 rings (SSSR count). The number of aliphatic hydroxyl groups excluding tert-OH is 1. The summed E-state index contributed by atoms with van der Waals surface area (Å²) < 4.78 is 31.3. The zero-order valence-corrected chi connectivity index (χ0v) is 15.1. The summed E-state index contributed by atoms with van der Waals surface area (Å²) in [6.07, 6.45) is 1.00. The minimum atomic E-state index is -1.50. The summed E-state index contributed by atoms with van der Waals surface area (Å²) in [4.78, 5) is 27.4. The Morgan fingerprint density at radius 3 is 2.44 bits per heavy atom. The molecule has 0 spiro atoms. The van der Waals surface area contributed by atoms with Gasteiger partial charge in [0.15, 0.2) is 5.82 Å². The molecule has 7 nitrogen and oxygen atoms in total. The van der Waals surface area contributed by atoms with Gasteiger partial charge in [0.2, 0.25) is 5.43 Å². The maximum absolute atomic E-state index is 15.4. The Morgan fingerprint density at radius 2 is 1.89 bits per heavy atom. The zero-order chi connectivity index (χ0) is 19.9. The van der Waals surface area contributed by atoms with Gasteiger partial charge in [-0.25, -0.2) is 13.6 Å². The van der Waals surface area contributed by atoms with Crippen LogP contribution in [-0.2, 0) is 0 Å². The first-order valence-corrected chi connectivity index (χ1v) is 8.60. The maximum Gasteiger partial charge on any atom is 0.341 e. The Morgan fingerprint density at radius 1 is 1.26 bits per heavy atom. The van der Waals surface area contributed by atoms with Crippen LogP contribution in [0.15, 0.2) is 17.1 Å². The largest absolute Gasteiger partial charge is 0.477 e. The summed E-state index contributed by atoms with van der Waals surface area (Å²) in [6.45, 7) is 3.25. The quantitative estimate of drug-likeness (QED) is 0.830. The molecule has 1 aliphatic heterocycles. The smallest absolute Gasteiger partial charge is 0.341 e. The van der Waals surface area contributed by atoms with Crippen LogP contribution in [0.5, 0.6) is 0 Å². The number of piperazine rings is 1. The van der Waals surface area contributed by atoms with Crippen molar-refractivity contribution in [3.05, 3.63) is 39.7 Å². The number of carboxylic acids is 1. The summed E-state index contributed by atoms with van der Waals surface area (Å²) in [5, 5.41) is 18.4. The second-order valence-corrected chi connectivity index (χ2v) is 6.82. The molecule has 1 saturated heterocycles. The molecule has 0 bridgehead atoms. The van der Waals surface area contributed by atoms with Gasteiger partial charge in [-0.2, -0.15) is 0 Å². The number of aliphatic hydroxyl groups is 1. The average molecular weight is 381 g/mol. The van der Waals surface area contributed by atoms with Crippen LogP contribution in [0.25, 0.3) is 10.9 Å². The minimum Gasteiger partial charge on any atom is -0.477 e. The fourth-order valence-corrected chi connectivity index (χ4v) is 3.34. The van der Waals surface area contributed by atoms with Gasteiger partial charge in [-0.15, -0.1) is 0 Å². The van der Waals surface area contributed by atoms with Gasteiger partial charge in [-0.3, -0.25) is 4.79 Å². The van der Waals surface area contributed by atoms with E-state index < -0.39 is 41.2 Å². The first-order valence-electron chi connectivity index (χ1n) is 8.60. The molecular weight excluding hydrogens is 360 g/mol. The average Bonchev–Trinajstić information content (AvgIpc) is 2.63. The second kappa shape index (κ2) is 7.24. The lowest BCUT2D eigenvalue weighted by atomic mass is 10.1. The van der Waals surface area contributed by atoms with Crippen molar-refractivity contribution in [2.75, 3.05) is 44.7 Å². The summed E-state index contributed by atoms with van der Waals surface area (Å²) in [5.41, 5.74) is -2.01. The Hall–Kier alpha value is -2.52. The molecule has 2 heterocycles. The highest BCUT2D eigenvalue weighted by Crippen LogP contribution is 2.31. The van der Waals surface area contributed by atoms with Crippen LogP contribution < -0.4 is 10.3 Å². The second-order valence-electron chi connectivity index (χ2n) is 6.82. The van der Waals surface area contributed by atoms with E-state index in [0.29, 0.717) is 26.2 Å². The molecule has 1 aliphatic rings. The molecule has 146 valence electrons. The highest BCUT2D eigenvalue weighted by atomic mass is 19.1. The number of nitrogens with zero attached hydrogens (tertiary/aromatic N) is 3. The number of hydrogen-bond acceptors (Lipinski definition) is 5. The molecule has 1 fully saturated rings. The molecule has 27 heavy (non-hydrogen) atoms. The number of carboxylic acid groups (broad SMARTS) is 1. The predicted octanol–water partition coefficient (Wildman–Crippen LogP) is 1.28. The van der Waals surface area contributed by atoms with Crippen LogP contribution in [0.3, 0.4) is 0 Å². The number of rotatable bonds is 4. The molecule has 2 aromatic rings. The number of pyridine rings is 1. The van der Waals surface area contributed by atoms with Gasteiger partial charge in [-0.05, 0) is 20.0 Å². The summed E-state index contributed by atoms with van der Waals surface area (Å²) in [7, 11) is 1.92. The number of aromatic nitrogens is 1. The van der Waals surface area contributed by atoms with Gasteiger partial charge in [0.1, 0.15) is 17.1 Å². The molecule has 0 amide bonds. The fourth-order valence-electron chi connectivity index (χ4n) is 3.34. The minimum absolute atomic E-state index is 0.207. The van der Waals surface area contributed by atoms with Gasteiger partial charge in [0.05, 0.1) is 23.6 Å². The number of likely N-dealkylation sites (N-methyl/N-ethyl adjacent to an activating group) is 1. The van der Waals surface area contributed by atoms with Crippen LogP contribution >= 0.6 is 0 Å². The van der Waals surface area contributed by atoms with Crippen LogP contribution in [0.4, 0.5) is 14.5 Å². The van der Waals surface area contributed by atoms with E-state index in [-0.39, 0.29) is 16.6 Å². The van der Waals surface area contributed by atoms with Crippen molar-refractivity contribution in [2.24, 2.45) is 0 Å². The third kappa shape index (κ3) is 3.28. The zero-order valence-electron chi connectivity index (χ0n) is 15.1. The number of carbonyl (C=O) groups is 1. The lowest BCUT2D eigenvalue weighted by molar-refractivity contribution is 0.0694. The van der Waals surface area contributed by atoms with Crippen molar-refractivity contribution < 1.29 is 23.8 Å². The van der Waals surface area contributed by atoms with Gasteiger partial charge in [-0.1, -0.05) is 0 Å².